The zero-order valence-corrected chi connectivity index (χ0v) is 15.0. The van der Waals surface area contributed by atoms with E-state index in [9.17, 15) is 4.79 Å². The summed E-state index contributed by atoms with van der Waals surface area (Å²) in [6, 6.07) is 23.1. The Kier molecular flexibility index (Phi) is 3.91. The summed E-state index contributed by atoms with van der Waals surface area (Å²) in [6.07, 6.45) is 2.21. The number of nitrogens with one attached hydrogen (secondary N) is 2. The van der Waals surface area contributed by atoms with E-state index in [0.29, 0.717) is 12.3 Å². The van der Waals surface area contributed by atoms with Crippen LogP contribution in [-0.4, -0.2) is 15.9 Å². The van der Waals surface area contributed by atoms with E-state index in [2.05, 4.69) is 15.3 Å². The monoisotopic (exact) mass is 367 g/mol. The number of rotatable bonds is 4. The average molecular weight is 367 g/mol. The molecule has 2 heterocycles. The Balaban J connectivity index is 1.31. The molecule has 0 aliphatic heterocycles. The van der Waals surface area contributed by atoms with Gasteiger partial charge in [0, 0.05) is 28.4 Å². The van der Waals surface area contributed by atoms with E-state index in [1.165, 1.54) is 0 Å². The molecular formula is C23H17N3O2. The molecule has 2 aromatic heterocycles. The molecule has 0 atom stereocenters. The molecule has 0 saturated heterocycles. The summed E-state index contributed by atoms with van der Waals surface area (Å²) in [5.74, 6) is 0.511. The number of aromatic amines is 1. The second-order valence-corrected chi connectivity index (χ2v) is 6.65. The van der Waals surface area contributed by atoms with Gasteiger partial charge < -0.3 is 14.7 Å². The van der Waals surface area contributed by atoms with Gasteiger partial charge in [0.1, 0.15) is 5.52 Å². The molecule has 5 nitrogen and oxygen atoms in total. The zero-order valence-electron chi connectivity index (χ0n) is 15.0. The summed E-state index contributed by atoms with van der Waals surface area (Å²) >= 11 is 0. The van der Waals surface area contributed by atoms with Crippen LogP contribution in [-0.2, 0) is 11.2 Å². The molecule has 5 heteroatoms. The molecule has 3 aromatic carbocycles. The van der Waals surface area contributed by atoms with Gasteiger partial charge in [-0.05, 0) is 48.0 Å². The minimum atomic E-state index is -0.0561. The van der Waals surface area contributed by atoms with Gasteiger partial charge in [0.25, 0.3) is 0 Å². The highest BCUT2D eigenvalue weighted by Crippen LogP contribution is 2.25. The van der Waals surface area contributed by atoms with E-state index < -0.39 is 0 Å². The van der Waals surface area contributed by atoms with Crippen LogP contribution < -0.4 is 5.32 Å². The molecule has 0 aliphatic rings. The van der Waals surface area contributed by atoms with Gasteiger partial charge in [0.05, 0.1) is 6.42 Å². The molecule has 0 bridgehead atoms. The van der Waals surface area contributed by atoms with Crippen LogP contribution in [0.5, 0.6) is 0 Å². The predicted molar refractivity (Wildman–Crippen MR) is 110 cm³/mol. The van der Waals surface area contributed by atoms with Crippen molar-refractivity contribution in [2.24, 2.45) is 0 Å². The molecule has 0 unspecified atom stereocenters. The topological polar surface area (TPSA) is 70.9 Å². The normalized spacial score (nSPS) is 11.1. The Labute approximate surface area is 161 Å². The van der Waals surface area contributed by atoms with Gasteiger partial charge in [0.2, 0.25) is 11.8 Å². The maximum absolute atomic E-state index is 12.4. The molecule has 0 fully saturated rings. The Bertz CT molecular complexity index is 1250. The number of oxazole rings is 1. The van der Waals surface area contributed by atoms with E-state index in [1.54, 1.807) is 0 Å². The molecule has 2 N–H and O–H groups in total. The van der Waals surface area contributed by atoms with Crippen LogP contribution in [0.1, 0.15) is 5.56 Å². The molecule has 0 saturated carbocycles. The fraction of sp³-hybridized carbons (Fsp3) is 0.0435. The first kappa shape index (κ1) is 16.3. The van der Waals surface area contributed by atoms with Crippen molar-refractivity contribution < 1.29 is 9.21 Å². The van der Waals surface area contributed by atoms with Crippen molar-refractivity contribution in [3.63, 3.8) is 0 Å². The highest BCUT2D eigenvalue weighted by molar-refractivity contribution is 5.95. The third-order valence-electron chi connectivity index (χ3n) is 4.74. The van der Waals surface area contributed by atoms with Crippen molar-refractivity contribution in [3.05, 3.63) is 84.6 Å². The van der Waals surface area contributed by atoms with E-state index in [4.69, 9.17) is 4.42 Å². The van der Waals surface area contributed by atoms with Crippen LogP contribution in [0.4, 0.5) is 5.69 Å². The predicted octanol–water partition coefficient (Wildman–Crippen LogP) is 5.16. The smallest absolute Gasteiger partial charge is 0.228 e. The number of anilines is 1. The van der Waals surface area contributed by atoms with Crippen molar-refractivity contribution in [2.75, 3.05) is 5.32 Å². The molecule has 1 amide bonds. The number of fused-ring (bicyclic) bond motifs is 2. The van der Waals surface area contributed by atoms with Gasteiger partial charge in [-0.2, -0.15) is 0 Å². The quantitative estimate of drug-likeness (QED) is 0.461. The Morgan fingerprint density at radius 3 is 2.61 bits per heavy atom. The van der Waals surface area contributed by atoms with E-state index in [1.807, 2.05) is 79.0 Å². The number of carbonyl (C=O) groups excluding carboxylic acids is 1. The van der Waals surface area contributed by atoms with Gasteiger partial charge in [-0.3, -0.25) is 4.79 Å². The maximum atomic E-state index is 12.4. The van der Waals surface area contributed by atoms with Crippen LogP contribution >= 0.6 is 0 Å². The van der Waals surface area contributed by atoms with Crippen molar-refractivity contribution in [1.29, 1.82) is 0 Å². The lowest BCUT2D eigenvalue weighted by Gasteiger charge is -2.05. The summed E-state index contributed by atoms with van der Waals surface area (Å²) in [4.78, 5) is 20.1. The third-order valence-corrected chi connectivity index (χ3v) is 4.74. The van der Waals surface area contributed by atoms with Gasteiger partial charge >= 0.3 is 0 Å². The van der Waals surface area contributed by atoms with Gasteiger partial charge in [0.15, 0.2) is 5.58 Å². The SMILES string of the molecule is O=C(Cc1c[nH]c2ccccc12)Nc1ccc(-c2nc3ccccc3o2)cc1. The van der Waals surface area contributed by atoms with Gasteiger partial charge in [-0.25, -0.2) is 4.98 Å². The standard InChI is InChI=1S/C23H17N3O2/c27-22(13-16-14-24-19-6-2-1-5-18(16)19)25-17-11-9-15(10-12-17)23-26-20-7-3-4-8-21(20)28-23/h1-12,14,24H,13H2,(H,25,27). The number of para-hydroxylation sites is 3. The molecule has 0 aliphatic carbocycles. The van der Waals surface area contributed by atoms with E-state index >= 15 is 0 Å². The summed E-state index contributed by atoms with van der Waals surface area (Å²) in [5.41, 5.74) is 5.21. The number of H-pyrrole nitrogens is 1. The Morgan fingerprint density at radius 1 is 0.964 bits per heavy atom. The zero-order chi connectivity index (χ0) is 18.9. The molecule has 5 aromatic rings. The van der Waals surface area contributed by atoms with Crippen molar-refractivity contribution in [2.45, 2.75) is 6.42 Å². The number of carbonyl (C=O) groups is 1. The lowest BCUT2D eigenvalue weighted by atomic mass is 10.1. The average Bonchev–Trinajstić information content (AvgIpc) is 3.33. The van der Waals surface area contributed by atoms with Crippen LogP contribution in [0, 0.1) is 0 Å². The summed E-state index contributed by atoms with van der Waals surface area (Å²) in [6.45, 7) is 0. The van der Waals surface area contributed by atoms with E-state index in [0.717, 1.165) is 38.8 Å². The Hall–Kier alpha value is -3.86. The van der Waals surface area contributed by atoms with E-state index in [-0.39, 0.29) is 5.91 Å². The highest BCUT2D eigenvalue weighted by Gasteiger charge is 2.10. The minimum Gasteiger partial charge on any atom is -0.436 e. The molecule has 0 spiro atoms. The number of aromatic nitrogens is 2. The molecule has 136 valence electrons. The lowest BCUT2D eigenvalue weighted by molar-refractivity contribution is -0.115. The summed E-state index contributed by atoms with van der Waals surface area (Å²) < 4.78 is 5.78. The van der Waals surface area contributed by atoms with Crippen LogP contribution in [0.2, 0.25) is 0 Å². The molecular weight excluding hydrogens is 350 g/mol. The minimum absolute atomic E-state index is 0.0561. The largest absolute Gasteiger partial charge is 0.436 e. The maximum Gasteiger partial charge on any atom is 0.228 e. The second-order valence-electron chi connectivity index (χ2n) is 6.65. The summed E-state index contributed by atoms with van der Waals surface area (Å²) in [5, 5.41) is 4.02. The molecule has 28 heavy (non-hydrogen) atoms. The first-order valence-corrected chi connectivity index (χ1v) is 9.07. The number of benzene rings is 3. The van der Waals surface area contributed by atoms with Crippen LogP contribution in [0.15, 0.2) is 83.4 Å². The first-order valence-electron chi connectivity index (χ1n) is 9.07. The lowest BCUT2D eigenvalue weighted by Crippen LogP contribution is -2.14. The van der Waals surface area contributed by atoms with Crippen molar-refractivity contribution >= 4 is 33.6 Å². The molecule has 5 rings (SSSR count). The first-order chi connectivity index (χ1) is 13.8. The van der Waals surface area contributed by atoms with Crippen molar-refractivity contribution in [1.82, 2.24) is 9.97 Å². The molecule has 0 radical (unpaired) electrons. The number of hydrogen-bond acceptors (Lipinski definition) is 3. The van der Waals surface area contributed by atoms with Crippen LogP contribution in [0.25, 0.3) is 33.5 Å². The number of hydrogen-bond donors (Lipinski definition) is 2. The van der Waals surface area contributed by atoms with Gasteiger partial charge in [-0.1, -0.05) is 30.3 Å². The van der Waals surface area contributed by atoms with Crippen LogP contribution in [0.3, 0.4) is 0 Å². The second kappa shape index (κ2) is 6.70. The Morgan fingerprint density at radius 2 is 1.75 bits per heavy atom. The number of amides is 1. The van der Waals surface area contributed by atoms with Crippen molar-refractivity contribution in [3.8, 4) is 11.5 Å². The highest BCUT2D eigenvalue weighted by atomic mass is 16.3. The summed E-state index contributed by atoms with van der Waals surface area (Å²) in [7, 11) is 0. The fourth-order valence-electron chi connectivity index (χ4n) is 3.35. The fourth-order valence-corrected chi connectivity index (χ4v) is 3.35. The third kappa shape index (κ3) is 3.03. The van der Waals surface area contributed by atoms with Gasteiger partial charge in [-0.15, -0.1) is 0 Å². The number of nitrogens with zero attached hydrogens (tertiary/aromatic N) is 1.